The zero-order valence-corrected chi connectivity index (χ0v) is 9.77. The van der Waals surface area contributed by atoms with Gasteiger partial charge < -0.3 is 20.2 Å². The minimum Gasteiger partial charge on any atom is -0.480 e. The largest absolute Gasteiger partial charge is 0.480 e. The van der Waals surface area contributed by atoms with E-state index in [1.807, 2.05) is 0 Å². The van der Waals surface area contributed by atoms with Gasteiger partial charge >= 0.3 is 13.6 Å². The fourth-order valence-corrected chi connectivity index (χ4v) is 2.29. The number of aliphatic carboxylic acids is 1. The van der Waals surface area contributed by atoms with Crippen molar-refractivity contribution in [3.63, 3.8) is 0 Å². The molecule has 0 radical (unpaired) electrons. The number of carbonyl (C=O) groups is 1. The third-order valence-corrected chi connectivity index (χ3v) is 3.43. The first kappa shape index (κ1) is 13.6. The average molecular weight is 252 g/mol. The van der Waals surface area contributed by atoms with E-state index in [9.17, 15) is 9.36 Å². The SMILES string of the molecule is O=C(O)[C@@H]1CNCCN1CCCP(=O)(O)O. The predicted octanol–water partition coefficient (Wildman–Crippen LogP) is -1.09. The summed E-state index contributed by atoms with van der Waals surface area (Å²) in [5.41, 5.74) is 0. The molecular formula is C8H17N2O5P. The van der Waals surface area contributed by atoms with E-state index in [2.05, 4.69) is 5.32 Å². The van der Waals surface area contributed by atoms with Gasteiger partial charge in [-0.1, -0.05) is 0 Å². The number of carboxylic acids is 1. The summed E-state index contributed by atoms with van der Waals surface area (Å²) in [7, 11) is -3.97. The third kappa shape index (κ3) is 4.59. The molecule has 1 aliphatic heterocycles. The van der Waals surface area contributed by atoms with Crippen LogP contribution in [0, 0.1) is 0 Å². The van der Waals surface area contributed by atoms with Gasteiger partial charge in [0.1, 0.15) is 6.04 Å². The second kappa shape index (κ2) is 5.75. The molecule has 0 bridgehead atoms. The fourth-order valence-electron chi connectivity index (χ4n) is 1.74. The van der Waals surface area contributed by atoms with Crippen molar-refractivity contribution in [1.82, 2.24) is 10.2 Å². The van der Waals surface area contributed by atoms with Crippen molar-refractivity contribution in [3.05, 3.63) is 0 Å². The van der Waals surface area contributed by atoms with Gasteiger partial charge in [-0.15, -0.1) is 0 Å². The van der Waals surface area contributed by atoms with Crippen LogP contribution < -0.4 is 5.32 Å². The molecular weight excluding hydrogens is 235 g/mol. The molecule has 0 amide bonds. The van der Waals surface area contributed by atoms with Gasteiger partial charge in [0.2, 0.25) is 0 Å². The number of nitrogens with one attached hydrogen (secondary N) is 1. The summed E-state index contributed by atoms with van der Waals surface area (Å²) >= 11 is 0. The summed E-state index contributed by atoms with van der Waals surface area (Å²) in [4.78, 5) is 30.0. The van der Waals surface area contributed by atoms with Crippen molar-refractivity contribution in [2.24, 2.45) is 0 Å². The van der Waals surface area contributed by atoms with Gasteiger partial charge in [0.15, 0.2) is 0 Å². The number of carboxylic acid groups (broad SMARTS) is 1. The number of hydrogen-bond donors (Lipinski definition) is 4. The first-order chi connectivity index (χ1) is 7.40. The molecule has 16 heavy (non-hydrogen) atoms. The molecule has 7 nitrogen and oxygen atoms in total. The molecule has 1 heterocycles. The highest BCUT2D eigenvalue weighted by atomic mass is 31.2. The summed E-state index contributed by atoms with van der Waals surface area (Å²) in [6, 6.07) is -0.592. The van der Waals surface area contributed by atoms with Crippen LogP contribution >= 0.6 is 7.60 Å². The zero-order valence-electron chi connectivity index (χ0n) is 8.87. The van der Waals surface area contributed by atoms with Gasteiger partial charge in [0.05, 0.1) is 6.16 Å². The minimum absolute atomic E-state index is 0.191. The quantitative estimate of drug-likeness (QED) is 0.460. The molecule has 0 unspecified atom stereocenters. The van der Waals surface area contributed by atoms with Crippen LogP contribution in [0.3, 0.4) is 0 Å². The number of hydrogen-bond acceptors (Lipinski definition) is 4. The Balaban J connectivity index is 2.38. The lowest BCUT2D eigenvalue weighted by molar-refractivity contribution is -0.143. The highest BCUT2D eigenvalue weighted by Gasteiger charge is 2.28. The number of nitrogens with zero attached hydrogens (tertiary/aromatic N) is 1. The van der Waals surface area contributed by atoms with E-state index < -0.39 is 19.6 Å². The summed E-state index contributed by atoms with van der Waals surface area (Å²) in [5.74, 6) is -0.900. The van der Waals surface area contributed by atoms with E-state index >= 15 is 0 Å². The fraction of sp³-hybridized carbons (Fsp3) is 0.875. The topological polar surface area (TPSA) is 110 Å². The Labute approximate surface area is 93.6 Å². The van der Waals surface area contributed by atoms with Gasteiger partial charge in [0, 0.05) is 19.6 Å². The molecule has 0 saturated carbocycles. The summed E-state index contributed by atoms with van der Waals surface area (Å²) in [6.45, 7) is 2.09. The van der Waals surface area contributed by atoms with E-state index in [-0.39, 0.29) is 6.16 Å². The molecule has 0 aromatic heterocycles. The van der Waals surface area contributed by atoms with Gasteiger partial charge in [-0.25, -0.2) is 0 Å². The summed E-state index contributed by atoms with van der Waals surface area (Å²) in [6.07, 6.45) is 0.122. The number of rotatable bonds is 5. The lowest BCUT2D eigenvalue weighted by Crippen LogP contribution is -2.55. The highest BCUT2D eigenvalue weighted by Crippen LogP contribution is 2.34. The van der Waals surface area contributed by atoms with Gasteiger partial charge in [0.25, 0.3) is 0 Å². The third-order valence-electron chi connectivity index (χ3n) is 2.53. The van der Waals surface area contributed by atoms with Crippen LogP contribution in [0.4, 0.5) is 0 Å². The van der Waals surface area contributed by atoms with Crippen molar-refractivity contribution < 1.29 is 24.3 Å². The Bertz CT molecular complexity index is 292. The van der Waals surface area contributed by atoms with Crippen LogP contribution in [-0.4, -0.2) is 64.1 Å². The first-order valence-corrected chi connectivity index (χ1v) is 6.92. The lowest BCUT2D eigenvalue weighted by Gasteiger charge is -2.33. The molecule has 0 aromatic rings. The van der Waals surface area contributed by atoms with Crippen LogP contribution in [0.15, 0.2) is 0 Å². The maximum Gasteiger partial charge on any atom is 0.325 e. The smallest absolute Gasteiger partial charge is 0.325 e. The molecule has 1 saturated heterocycles. The van der Waals surface area contributed by atoms with Gasteiger partial charge in [-0.2, -0.15) is 0 Å². The van der Waals surface area contributed by atoms with E-state index in [0.29, 0.717) is 32.6 Å². The summed E-state index contributed by atoms with van der Waals surface area (Å²) < 4.78 is 10.6. The van der Waals surface area contributed by atoms with E-state index in [1.165, 1.54) is 0 Å². The molecule has 0 spiro atoms. The monoisotopic (exact) mass is 252 g/mol. The van der Waals surface area contributed by atoms with Crippen molar-refractivity contribution in [2.75, 3.05) is 32.3 Å². The second-order valence-electron chi connectivity index (χ2n) is 3.84. The molecule has 8 heteroatoms. The normalized spacial score (nSPS) is 23.2. The van der Waals surface area contributed by atoms with Crippen molar-refractivity contribution in [2.45, 2.75) is 12.5 Å². The van der Waals surface area contributed by atoms with Crippen LogP contribution in [-0.2, 0) is 9.36 Å². The van der Waals surface area contributed by atoms with Crippen molar-refractivity contribution >= 4 is 13.6 Å². The molecule has 1 rings (SSSR count). The van der Waals surface area contributed by atoms with E-state index in [1.54, 1.807) is 4.90 Å². The molecule has 0 aliphatic carbocycles. The lowest BCUT2D eigenvalue weighted by atomic mass is 10.2. The Morgan fingerprint density at radius 2 is 2.19 bits per heavy atom. The van der Waals surface area contributed by atoms with Crippen LogP contribution in [0.25, 0.3) is 0 Å². The van der Waals surface area contributed by atoms with E-state index in [4.69, 9.17) is 14.9 Å². The second-order valence-corrected chi connectivity index (χ2v) is 5.61. The Morgan fingerprint density at radius 3 is 2.75 bits per heavy atom. The molecule has 0 aromatic carbocycles. The van der Waals surface area contributed by atoms with Crippen LogP contribution in [0.2, 0.25) is 0 Å². The van der Waals surface area contributed by atoms with Crippen molar-refractivity contribution in [1.29, 1.82) is 0 Å². The maximum absolute atomic E-state index is 10.9. The number of piperazine rings is 1. The molecule has 94 valence electrons. The van der Waals surface area contributed by atoms with Crippen LogP contribution in [0.1, 0.15) is 6.42 Å². The minimum atomic E-state index is -3.97. The average Bonchev–Trinajstić information content (AvgIpc) is 2.16. The Kier molecular flexibility index (Phi) is 4.89. The Hall–Kier alpha value is -0.460. The molecule has 1 aliphatic rings. The van der Waals surface area contributed by atoms with E-state index in [0.717, 1.165) is 0 Å². The maximum atomic E-state index is 10.9. The van der Waals surface area contributed by atoms with Crippen LogP contribution in [0.5, 0.6) is 0 Å². The van der Waals surface area contributed by atoms with Crippen molar-refractivity contribution in [3.8, 4) is 0 Å². The molecule has 4 N–H and O–H groups in total. The van der Waals surface area contributed by atoms with Gasteiger partial charge in [-0.05, 0) is 13.0 Å². The zero-order chi connectivity index (χ0) is 12.2. The predicted molar refractivity (Wildman–Crippen MR) is 57.4 cm³/mol. The highest BCUT2D eigenvalue weighted by molar-refractivity contribution is 7.51. The standard InChI is InChI=1S/C8H17N2O5P/c11-8(12)7-6-9-2-4-10(7)3-1-5-16(13,14)15/h7,9H,1-6H2,(H,11,12)(H2,13,14,15)/t7-/m0/s1. The van der Waals surface area contributed by atoms with Gasteiger partial charge in [-0.3, -0.25) is 14.3 Å². The molecule has 1 fully saturated rings. The first-order valence-electron chi connectivity index (χ1n) is 5.12. The Morgan fingerprint density at radius 1 is 1.50 bits per heavy atom. The molecule has 1 atom stereocenters. The summed E-state index contributed by atoms with van der Waals surface area (Å²) in [5, 5.41) is 11.9.